The zero-order valence-corrected chi connectivity index (χ0v) is 10.8. The van der Waals surface area contributed by atoms with Crippen molar-refractivity contribution in [3.05, 3.63) is 0 Å². The molecule has 0 radical (unpaired) electrons. The fourth-order valence-electron chi connectivity index (χ4n) is 2.38. The summed E-state index contributed by atoms with van der Waals surface area (Å²) in [6.07, 6.45) is 2.19. The molecular formula is C12H26N4O. The lowest BCUT2D eigenvalue weighted by atomic mass is 9.96. The molecule has 2 unspecified atom stereocenters. The summed E-state index contributed by atoms with van der Waals surface area (Å²) in [5.41, 5.74) is 11.2. The molecule has 1 rings (SSSR count). The fourth-order valence-corrected chi connectivity index (χ4v) is 2.38. The number of nitrogens with zero attached hydrogens (tertiary/aromatic N) is 1. The lowest BCUT2D eigenvalue weighted by Gasteiger charge is -2.16. The molecule has 0 aromatic carbocycles. The highest BCUT2D eigenvalue weighted by molar-refractivity contribution is 5.73. The predicted molar refractivity (Wildman–Crippen MR) is 69.4 cm³/mol. The van der Waals surface area contributed by atoms with E-state index in [2.05, 4.69) is 5.32 Å². The lowest BCUT2D eigenvalue weighted by molar-refractivity contribution is -0.128. The molecule has 5 heteroatoms. The Morgan fingerprint density at radius 3 is 2.59 bits per heavy atom. The van der Waals surface area contributed by atoms with E-state index < -0.39 is 0 Å². The standard InChI is InChI=1S/C12H26N4O/c1-10(17)16-8-11(6-14)12(9-16)7-15-5-3-2-4-13/h11-12,15H,2-9,13-14H2,1H3. The first-order valence-corrected chi connectivity index (χ1v) is 6.55. The molecule has 0 aromatic heterocycles. The molecule has 0 aliphatic carbocycles. The van der Waals surface area contributed by atoms with Crippen molar-refractivity contribution in [1.29, 1.82) is 0 Å². The van der Waals surface area contributed by atoms with E-state index >= 15 is 0 Å². The highest BCUT2D eigenvalue weighted by atomic mass is 16.2. The molecule has 1 heterocycles. The number of hydrogen-bond acceptors (Lipinski definition) is 4. The van der Waals surface area contributed by atoms with Gasteiger partial charge in [-0.25, -0.2) is 0 Å². The van der Waals surface area contributed by atoms with E-state index in [0.29, 0.717) is 18.4 Å². The first-order valence-electron chi connectivity index (χ1n) is 6.55. The van der Waals surface area contributed by atoms with Gasteiger partial charge in [0.1, 0.15) is 0 Å². The number of nitrogens with one attached hydrogen (secondary N) is 1. The molecule has 5 nitrogen and oxygen atoms in total. The third-order valence-electron chi connectivity index (χ3n) is 3.54. The van der Waals surface area contributed by atoms with E-state index in [1.54, 1.807) is 6.92 Å². The molecule has 0 saturated carbocycles. The van der Waals surface area contributed by atoms with Gasteiger partial charge in [0.05, 0.1) is 0 Å². The molecule has 17 heavy (non-hydrogen) atoms. The molecule has 1 amide bonds. The van der Waals surface area contributed by atoms with Gasteiger partial charge in [0.15, 0.2) is 0 Å². The zero-order chi connectivity index (χ0) is 12.7. The van der Waals surface area contributed by atoms with Crippen molar-refractivity contribution in [3.8, 4) is 0 Å². The Kier molecular flexibility index (Phi) is 6.47. The van der Waals surface area contributed by atoms with Crippen LogP contribution < -0.4 is 16.8 Å². The number of carbonyl (C=O) groups excluding carboxylic acids is 1. The third kappa shape index (κ3) is 4.61. The Hall–Kier alpha value is -0.650. The van der Waals surface area contributed by atoms with Crippen LogP contribution >= 0.6 is 0 Å². The first kappa shape index (κ1) is 14.4. The molecule has 1 aliphatic rings. The number of carbonyl (C=O) groups is 1. The topological polar surface area (TPSA) is 84.4 Å². The van der Waals surface area contributed by atoms with Crippen LogP contribution in [0.25, 0.3) is 0 Å². The van der Waals surface area contributed by atoms with Gasteiger partial charge in [-0.3, -0.25) is 4.79 Å². The van der Waals surface area contributed by atoms with Crippen LogP contribution in [0.2, 0.25) is 0 Å². The molecule has 1 saturated heterocycles. The lowest BCUT2D eigenvalue weighted by Crippen LogP contribution is -2.32. The maximum absolute atomic E-state index is 11.3. The van der Waals surface area contributed by atoms with Crippen LogP contribution in [-0.4, -0.2) is 50.1 Å². The third-order valence-corrected chi connectivity index (χ3v) is 3.54. The highest BCUT2D eigenvalue weighted by Gasteiger charge is 2.32. The molecule has 0 aromatic rings. The fraction of sp³-hybridized carbons (Fsp3) is 0.917. The number of unbranched alkanes of at least 4 members (excludes halogenated alkanes) is 1. The second-order valence-electron chi connectivity index (χ2n) is 4.88. The highest BCUT2D eigenvalue weighted by Crippen LogP contribution is 2.21. The predicted octanol–water partition coefficient (Wildman–Crippen LogP) is -0.632. The van der Waals surface area contributed by atoms with Crippen molar-refractivity contribution < 1.29 is 4.79 Å². The van der Waals surface area contributed by atoms with Gasteiger partial charge in [0.25, 0.3) is 0 Å². The molecule has 1 fully saturated rings. The van der Waals surface area contributed by atoms with Crippen molar-refractivity contribution in [2.45, 2.75) is 19.8 Å². The van der Waals surface area contributed by atoms with Gasteiger partial charge in [-0.1, -0.05) is 0 Å². The van der Waals surface area contributed by atoms with Crippen molar-refractivity contribution in [2.75, 3.05) is 39.3 Å². The second-order valence-corrected chi connectivity index (χ2v) is 4.88. The van der Waals surface area contributed by atoms with Gasteiger partial charge < -0.3 is 21.7 Å². The van der Waals surface area contributed by atoms with Gasteiger partial charge in [-0.05, 0) is 44.3 Å². The minimum Gasteiger partial charge on any atom is -0.342 e. The Labute approximate surface area is 104 Å². The summed E-state index contributed by atoms with van der Waals surface area (Å²) in [6, 6.07) is 0. The second kappa shape index (κ2) is 7.63. The van der Waals surface area contributed by atoms with E-state index in [-0.39, 0.29) is 5.91 Å². The molecule has 100 valence electrons. The maximum atomic E-state index is 11.3. The van der Waals surface area contributed by atoms with Gasteiger partial charge in [0, 0.05) is 26.6 Å². The van der Waals surface area contributed by atoms with Gasteiger partial charge in [-0.15, -0.1) is 0 Å². The zero-order valence-electron chi connectivity index (χ0n) is 10.8. The van der Waals surface area contributed by atoms with E-state index in [4.69, 9.17) is 11.5 Å². The van der Waals surface area contributed by atoms with Crippen molar-refractivity contribution in [2.24, 2.45) is 23.3 Å². The summed E-state index contributed by atoms with van der Waals surface area (Å²) in [5, 5.41) is 3.44. The Morgan fingerprint density at radius 1 is 1.29 bits per heavy atom. The van der Waals surface area contributed by atoms with Crippen LogP contribution in [0.3, 0.4) is 0 Å². The van der Waals surface area contributed by atoms with Crippen molar-refractivity contribution >= 4 is 5.91 Å². The molecular weight excluding hydrogens is 216 g/mol. The minimum absolute atomic E-state index is 0.161. The van der Waals surface area contributed by atoms with Crippen LogP contribution in [0.4, 0.5) is 0 Å². The summed E-state index contributed by atoms with van der Waals surface area (Å²) >= 11 is 0. The van der Waals surface area contributed by atoms with E-state index in [9.17, 15) is 4.79 Å². The summed E-state index contributed by atoms with van der Waals surface area (Å²) in [5.74, 6) is 1.11. The Morgan fingerprint density at radius 2 is 2.00 bits per heavy atom. The molecule has 0 bridgehead atoms. The number of rotatable bonds is 7. The van der Waals surface area contributed by atoms with Gasteiger partial charge >= 0.3 is 0 Å². The van der Waals surface area contributed by atoms with Gasteiger partial charge in [0.2, 0.25) is 5.91 Å². The average molecular weight is 242 g/mol. The summed E-state index contributed by atoms with van der Waals surface area (Å²) < 4.78 is 0. The summed E-state index contributed by atoms with van der Waals surface area (Å²) in [6.45, 7) is 6.68. The van der Waals surface area contributed by atoms with Crippen LogP contribution in [0.1, 0.15) is 19.8 Å². The number of likely N-dealkylation sites (tertiary alicyclic amines) is 1. The minimum atomic E-state index is 0.161. The largest absolute Gasteiger partial charge is 0.342 e. The van der Waals surface area contributed by atoms with Crippen LogP contribution in [0.15, 0.2) is 0 Å². The summed E-state index contributed by atoms with van der Waals surface area (Å²) in [4.78, 5) is 13.2. The SMILES string of the molecule is CC(=O)N1CC(CN)C(CNCCCCN)C1. The molecule has 0 spiro atoms. The van der Waals surface area contributed by atoms with E-state index in [0.717, 1.165) is 45.6 Å². The Bertz CT molecular complexity index is 235. The van der Waals surface area contributed by atoms with Gasteiger partial charge in [-0.2, -0.15) is 0 Å². The number of nitrogens with two attached hydrogens (primary N) is 2. The molecule has 1 aliphatic heterocycles. The summed E-state index contributed by atoms with van der Waals surface area (Å²) in [7, 11) is 0. The van der Waals surface area contributed by atoms with E-state index in [1.807, 2.05) is 4.90 Å². The van der Waals surface area contributed by atoms with E-state index in [1.165, 1.54) is 0 Å². The number of hydrogen-bond donors (Lipinski definition) is 3. The quantitative estimate of drug-likeness (QED) is 0.519. The van der Waals surface area contributed by atoms with Crippen LogP contribution in [0.5, 0.6) is 0 Å². The monoisotopic (exact) mass is 242 g/mol. The average Bonchev–Trinajstić information content (AvgIpc) is 2.72. The number of amides is 1. The first-order chi connectivity index (χ1) is 8.19. The Balaban J connectivity index is 2.24. The smallest absolute Gasteiger partial charge is 0.219 e. The van der Waals surface area contributed by atoms with Crippen molar-refractivity contribution in [1.82, 2.24) is 10.2 Å². The van der Waals surface area contributed by atoms with Crippen LogP contribution in [0, 0.1) is 11.8 Å². The maximum Gasteiger partial charge on any atom is 0.219 e. The molecule has 2 atom stereocenters. The van der Waals surface area contributed by atoms with Crippen LogP contribution in [-0.2, 0) is 4.79 Å². The normalized spacial score (nSPS) is 24.3. The molecule has 5 N–H and O–H groups in total. The van der Waals surface area contributed by atoms with Crippen molar-refractivity contribution in [3.63, 3.8) is 0 Å².